The van der Waals surface area contributed by atoms with Crippen molar-refractivity contribution >= 4 is 5.97 Å². The van der Waals surface area contributed by atoms with Crippen LogP contribution in [0.25, 0.3) is 11.1 Å². The van der Waals surface area contributed by atoms with E-state index in [0.29, 0.717) is 5.56 Å². The van der Waals surface area contributed by atoms with Crippen LogP contribution in [0.5, 0.6) is 0 Å². The first kappa shape index (κ1) is 10.4. The molecule has 0 atom stereocenters. The maximum absolute atomic E-state index is 10.7. The van der Waals surface area contributed by atoms with Gasteiger partial charge in [0.1, 0.15) is 0 Å². The first-order chi connectivity index (χ1) is 7.66. The van der Waals surface area contributed by atoms with E-state index in [-0.39, 0.29) is 0 Å². The van der Waals surface area contributed by atoms with E-state index in [9.17, 15) is 4.79 Å². The van der Waals surface area contributed by atoms with Crippen molar-refractivity contribution in [3.63, 3.8) is 0 Å². The van der Waals surface area contributed by atoms with Gasteiger partial charge in [-0.3, -0.25) is 4.98 Å². The van der Waals surface area contributed by atoms with Crippen LogP contribution in [0.4, 0.5) is 0 Å². The van der Waals surface area contributed by atoms with Gasteiger partial charge in [0.15, 0.2) is 0 Å². The molecule has 1 heterocycles. The van der Waals surface area contributed by atoms with Crippen LogP contribution in [-0.4, -0.2) is 16.1 Å². The average Bonchev–Trinajstić information content (AvgIpc) is 2.29. The van der Waals surface area contributed by atoms with E-state index in [2.05, 4.69) is 4.98 Å². The Labute approximate surface area is 93.4 Å². The molecule has 80 valence electrons. The number of nitrogens with zero attached hydrogens (tertiary/aromatic N) is 1. The van der Waals surface area contributed by atoms with E-state index >= 15 is 0 Å². The van der Waals surface area contributed by atoms with Gasteiger partial charge in [0, 0.05) is 11.9 Å². The van der Waals surface area contributed by atoms with Crippen molar-refractivity contribution in [1.29, 1.82) is 0 Å². The second kappa shape index (κ2) is 4.14. The van der Waals surface area contributed by atoms with Crippen molar-refractivity contribution in [2.24, 2.45) is 0 Å². The van der Waals surface area contributed by atoms with Crippen LogP contribution in [-0.2, 0) is 0 Å². The van der Waals surface area contributed by atoms with Crippen LogP contribution < -0.4 is 0 Å². The third-order valence-corrected chi connectivity index (χ3v) is 2.36. The van der Waals surface area contributed by atoms with E-state index in [1.54, 1.807) is 30.5 Å². The molecule has 2 aromatic rings. The summed E-state index contributed by atoms with van der Waals surface area (Å²) in [5.41, 5.74) is 3.29. The predicted octanol–water partition coefficient (Wildman–Crippen LogP) is 2.76. The molecule has 0 unspecified atom stereocenters. The summed E-state index contributed by atoms with van der Waals surface area (Å²) in [5.74, 6) is -0.905. The normalized spacial score (nSPS) is 10.1. The van der Waals surface area contributed by atoms with Crippen LogP contribution in [0.15, 0.2) is 42.6 Å². The third kappa shape index (κ3) is 2.08. The highest BCUT2D eigenvalue weighted by molar-refractivity contribution is 5.88. The first-order valence-electron chi connectivity index (χ1n) is 4.93. The molecular formula is C13H11NO2. The lowest BCUT2D eigenvalue weighted by Crippen LogP contribution is -1.95. The van der Waals surface area contributed by atoms with Gasteiger partial charge in [0.05, 0.1) is 5.56 Å². The SMILES string of the molecule is Cc1cc(-c2ccc(C(=O)O)cc2)ccn1. The smallest absolute Gasteiger partial charge is 0.335 e. The van der Waals surface area contributed by atoms with Crippen molar-refractivity contribution in [3.05, 3.63) is 53.9 Å². The summed E-state index contributed by atoms with van der Waals surface area (Å²) in [4.78, 5) is 14.8. The number of carboxylic acid groups (broad SMARTS) is 1. The highest BCUT2D eigenvalue weighted by Crippen LogP contribution is 2.19. The quantitative estimate of drug-likeness (QED) is 0.834. The molecule has 3 nitrogen and oxygen atoms in total. The van der Waals surface area contributed by atoms with Gasteiger partial charge in [-0.25, -0.2) is 4.79 Å². The van der Waals surface area contributed by atoms with Gasteiger partial charge in [-0.2, -0.15) is 0 Å². The molecule has 0 saturated heterocycles. The standard InChI is InChI=1S/C13H11NO2/c1-9-8-12(6-7-14-9)10-2-4-11(5-3-10)13(15)16/h2-8H,1H3,(H,15,16). The summed E-state index contributed by atoms with van der Waals surface area (Å²) >= 11 is 0. The number of hydrogen-bond acceptors (Lipinski definition) is 2. The van der Waals surface area contributed by atoms with Crippen LogP contribution in [0.2, 0.25) is 0 Å². The first-order valence-corrected chi connectivity index (χ1v) is 4.93. The van der Waals surface area contributed by atoms with Gasteiger partial charge < -0.3 is 5.11 Å². The molecule has 16 heavy (non-hydrogen) atoms. The summed E-state index contributed by atoms with van der Waals surface area (Å²) in [6, 6.07) is 10.7. The maximum Gasteiger partial charge on any atom is 0.335 e. The van der Waals surface area contributed by atoms with Crippen molar-refractivity contribution in [2.75, 3.05) is 0 Å². The van der Waals surface area contributed by atoms with Gasteiger partial charge in [0.25, 0.3) is 0 Å². The van der Waals surface area contributed by atoms with Crippen molar-refractivity contribution in [1.82, 2.24) is 4.98 Å². The predicted molar refractivity (Wildman–Crippen MR) is 61.4 cm³/mol. The summed E-state index contributed by atoms with van der Waals surface area (Å²) in [5, 5.41) is 8.78. The number of pyridine rings is 1. The Balaban J connectivity index is 2.38. The van der Waals surface area contributed by atoms with Crippen molar-refractivity contribution < 1.29 is 9.90 Å². The van der Waals surface area contributed by atoms with E-state index in [1.807, 2.05) is 19.1 Å². The maximum atomic E-state index is 10.7. The van der Waals surface area contributed by atoms with E-state index in [1.165, 1.54) is 0 Å². The molecule has 0 aliphatic heterocycles. The Morgan fingerprint density at radius 1 is 1.12 bits per heavy atom. The summed E-state index contributed by atoms with van der Waals surface area (Å²) < 4.78 is 0. The fourth-order valence-electron chi connectivity index (χ4n) is 1.53. The van der Waals surface area contributed by atoms with E-state index in [0.717, 1.165) is 16.8 Å². The molecule has 0 saturated carbocycles. The third-order valence-electron chi connectivity index (χ3n) is 2.36. The number of aryl methyl sites for hydroxylation is 1. The number of aromatic nitrogens is 1. The van der Waals surface area contributed by atoms with Crippen LogP contribution in [0.3, 0.4) is 0 Å². The van der Waals surface area contributed by atoms with Crippen LogP contribution >= 0.6 is 0 Å². The lowest BCUT2D eigenvalue weighted by atomic mass is 10.0. The Hall–Kier alpha value is -2.16. The molecule has 3 heteroatoms. The molecule has 0 amide bonds. The highest BCUT2D eigenvalue weighted by Gasteiger charge is 2.03. The minimum atomic E-state index is -0.905. The highest BCUT2D eigenvalue weighted by atomic mass is 16.4. The van der Waals surface area contributed by atoms with Gasteiger partial charge in [-0.15, -0.1) is 0 Å². The molecule has 0 aliphatic rings. The van der Waals surface area contributed by atoms with Gasteiger partial charge in [0.2, 0.25) is 0 Å². The van der Waals surface area contributed by atoms with Gasteiger partial charge in [-0.1, -0.05) is 12.1 Å². The largest absolute Gasteiger partial charge is 0.478 e. The lowest BCUT2D eigenvalue weighted by molar-refractivity contribution is 0.0697. The zero-order valence-corrected chi connectivity index (χ0v) is 8.84. The molecule has 0 radical (unpaired) electrons. The second-order valence-corrected chi connectivity index (χ2v) is 3.57. The molecule has 0 aliphatic carbocycles. The molecule has 1 aromatic carbocycles. The zero-order valence-electron chi connectivity index (χ0n) is 8.84. The number of aromatic carboxylic acids is 1. The summed E-state index contributed by atoms with van der Waals surface area (Å²) in [6.45, 7) is 1.93. The fraction of sp³-hybridized carbons (Fsp3) is 0.0769. The Morgan fingerprint density at radius 2 is 1.81 bits per heavy atom. The average molecular weight is 213 g/mol. The Bertz CT molecular complexity index is 518. The van der Waals surface area contributed by atoms with Gasteiger partial charge in [-0.05, 0) is 42.3 Å². The Morgan fingerprint density at radius 3 is 2.38 bits per heavy atom. The fourth-order valence-corrected chi connectivity index (χ4v) is 1.53. The molecule has 1 aromatic heterocycles. The molecular weight excluding hydrogens is 202 g/mol. The minimum absolute atomic E-state index is 0.300. The van der Waals surface area contributed by atoms with E-state index < -0.39 is 5.97 Å². The topological polar surface area (TPSA) is 50.2 Å². The van der Waals surface area contributed by atoms with Gasteiger partial charge >= 0.3 is 5.97 Å². The van der Waals surface area contributed by atoms with Crippen LogP contribution in [0, 0.1) is 6.92 Å². The number of rotatable bonds is 2. The molecule has 0 bridgehead atoms. The molecule has 0 fully saturated rings. The second-order valence-electron chi connectivity index (χ2n) is 3.57. The Kier molecular flexibility index (Phi) is 2.68. The van der Waals surface area contributed by atoms with Crippen molar-refractivity contribution in [3.8, 4) is 11.1 Å². The number of carboxylic acids is 1. The molecule has 1 N–H and O–H groups in total. The number of hydrogen-bond donors (Lipinski definition) is 1. The summed E-state index contributed by atoms with van der Waals surface area (Å²) in [6.07, 6.45) is 1.75. The van der Waals surface area contributed by atoms with Crippen molar-refractivity contribution in [2.45, 2.75) is 6.92 Å². The zero-order chi connectivity index (χ0) is 11.5. The van der Waals surface area contributed by atoms with E-state index in [4.69, 9.17) is 5.11 Å². The minimum Gasteiger partial charge on any atom is -0.478 e. The monoisotopic (exact) mass is 213 g/mol. The number of benzene rings is 1. The lowest BCUT2D eigenvalue weighted by Gasteiger charge is -2.02. The summed E-state index contributed by atoms with van der Waals surface area (Å²) in [7, 11) is 0. The van der Waals surface area contributed by atoms with Crippen LogP contribution in [0.1, 0.15) is 16.1 Å². The number of carbonyl (C=O) groups is 1. The molecule has 2 rings (SSSR count). The molecule has 0 spiro atoms.